The molecule has 0 aliphatic heterocycles. The van der Waals surface area contributed by atoms with E-state index in [1.54, 1.807) is 12.1 Å². The highest BCUT2D eigenvalue weighted by atomic mass is 19.2. The molecule has 0 saturated heterocycles. The third-order valence-corrected chi connectivity index (χ3v) is 4.46. The predicted molar refractivity (Wildman–Crippen MR) is 89.2 cm³/mol. The van der Waals surface area contributed by atoms with Crippen LogP contribution in [0.4, 0.5) is 23.2 Å². The first kappa shape index (κ1) is 17.5. The van der Waals surface area contributed by atoms with Crippen LogP contribution >= 0.6 is 0 Å². The van der Waals surface area contributed by atoms with Crippen LogP contribution in [0.5, 0.6) is 0 Å². The molecule has 3 N–H and O–H groups in total. The van der Waals surface area contributed by atoms with Gasteiger partial charge in [0.15, 0.2) is 11.6 Å². The number of halogens is 4. The summed E-state index contributed by atoms with van der Waals surface area (Å²) in [5.41, 5.74) is 7.90. The molecule has 0 radical (unpaired) electrons. The van der Waals surface area contributed by atoms with Crippen molar-refractivity contribution in [3.05, 3.63) is 76.9 Å². The largest absolute Gasteiger partial charge is 0.381 e. The van der Waals surface area contributed by atoms with Gasteiger partial charge in [-0.15, -0.1) is 0 Å². The number of rotatable bonds is 4. The Kier molecular flexibility index (Phi) is 5.08. The van der Waals surface area contributed by atoms with Crippen LogP contribution < -0.4 is 11.1 Å². The van der Waals surface area contributed by atoms with Crippen molar-refractivity contribution in [2.75, 3.05) is 11.9 Å². The molecule has 0 fully saturated rings. The van der Waals surface area contributed by atoms with Gasteiger partial charge in [0.05, 0.1) is 0 Å². The number of benzene rings is 2. The fraction of sp³-hybridized carbons (Fsp3) is 0.263. The van der Waals surface area contributed by atoms with E-state index in [2.05, 4.69) is 5.32 Å². The van der Waals surface area contributed by atoms with Crippen molar-refractivity contribution >= 4 is 5.69 Å². The van der Waals surface area contributed by atoms with Gasteiger partial charge >= 0.3 is 0 Å². The maximum Gasteiger partial charge on any atom is 0.161 e. The Morgan fingerprint density at radius 3 is 2.48 bits per heavy atom. The van der Waals surface area contributed by atoms with Crippen LogP contribution in [0, 0.1) is 23.3 Å². The highest BCUT2D eigenvalue weighted by Crippen LogP contribution is 2.33. The van der Waals surface area contributed by atoms with Gasteiger partial charge in [-0.1, -0.05) is 17.7 Å². The van der Waals surface area contributed by atoms with E-state index in [0.717, 1.165) is 11.6 Å². The first-order valence-electron chi connectivity index (χ1n) is 8.01. The molecular formula is C19H18F4N2. The average molecular weight is 350 g/mol. The fourth-order valence-corrected chi connectivity index (χ4v) is 3.13. The zero-order valence-electron chi connectivity index (χ0n) is 13.4. The van der Waals surface area contributed by atoms with E-state index >= 15 is 0 Å². The first-order chi connectivity index (χ1) is 11.9. The van der Waals surface area contributed by atoms with Gasteiger partial charge < -0.3 is 11.1 Å². The van der Waals surface area contributed by atoms with Gasteiger partial charge in [-0.05, 0) is 42.7 Å². The topological polar surface area (TPSA) is 38.0 Å². The Hall–Kier alpha value is -2.34. The van der Waals surface area contributed by atoms with Gasteiger partial charge in [-0.2, -0.15) is 0 Å². The highest BCUT2D eigenvalue weighted by molar-refractivity contribution is 5.44. The van der Waals surface area contributed by atoms with E-state index < -0.39 is 29.4 Å². The van der Waals surface area contributed by atoms with E-state index in [1.807, 2.05) is 6.08 Å². The summed E-state index contributed by atoms with van der Waals surface area (Å²) in [6.45, 7) is 0.490. The molecule has 2 nitrogen and oxygen atoms in total. The second kappa shape index (κ2) is 7.27. The molecule has 0 aromatic heterocycles. The minimum Gasteiger partial charge on any atom is -0.381 e. The Morgan fingerprint density at radius 1 is 1.00 bits per heavy atom. The van der Waals surface area contributed by atoms with Crippen molar-refractivity contribution in [1.82, 2.24) is 0 Å². The number of nitrogens with one attached hydrogen (secondary N) is 1. The maximum atomic E-state index is 14.0. The van der Waals surface area contributed by atoms with Gasteiger partial charge in [-0.25, -0.2) is 17.6 Å². The summed E-state index contributed by atoms with van der Waals surface area (Å²) >= 11 is 0. The zero-order valence-corrected chi connectivity index (χ0v) is 13.4. The predicted octanol–water partition coefficient (Wildman–Crippen LogP) is 4.49. The van der Waals surface area contributed by atoms with Gasteiger partial charge in [0.2, 0.25) is 0 Å². The molecule has 2 aromatic carbocycles. The van der Waals surface area contributed by atoms with Crippen molar-refractivity contribution in [2.24, 2.45) is 5.73 Å². The van der Waals surface area contributed by atoms with Crippen LogP contribution in [-0.2, 0) is 0 Å². The van der Waals surface area contributed by atoms with Crippen molar-refractivity contribution in [3.63, 3.8) is 0 Å². The number of nitrogens with two attached hydrogens (primary N) is 1. The molecule has 0 spiro atoms. The van der Waals surface area contributed by atoms with E-state index in [0.29, 0.717) is 31.1 Å². The summed E-state index contributed by atoms with van der Waals surface area (Å²) in [7, 11) is 0. The lowest BCUT2D eigenvalue weighted by atomic mass is 9.80. The SMILES string of the molecule is NC1CC(CNc2cccc(F)c2)=CCC1c1cc(F)c(F)cc1F. The summed E-state index contributed by atoms with van der Waals surface area (Å²) in [5, 5.41) is 3.11. The summed E-state index contributed by atoms with van der Waals surface area (Å²) < 4.78 is 53.6. The smallest absolute Gasteiger partial charge is 0.161 e. The summed E-state index contributed by atoms with van der Waals surface area (Å²) in [4.78, 5) is 0. The molecule has 0 heterocycles. The molecule has 1 aliphatic carbocycles. The Morgan fingerprint density at radius 2 is 1.76 bits per heavy atom. The molecular weight excluding hydrogens is 332 g/mol. The van der Waals surface area contributed by atoms with E-state index in [9.17, 15) is 17.6 Å². The van der Waals surface area contributed by atoms with Crippen LogP contribution in [0.25, 0.3) is 0 Å². The lowest BCUT2D eigenvalue weighted by Gasteiger charge is -2.29. The fourth-order valence-electron chi connectivity index (χ4n) is 3.13. The quantitative estimate of drug-likeness (QED) is 0.484. The first-order valence-corrected chi connectivity index (χ1v) is 8.01. The standard InChI is InChI=1S/C19H18F4N2/c20-12-2-1-3-13(7-12)25-10-11-4-5-14(19(24)6-11)15-8-17(22)18(23)9-16(15)21/h1-4,7-9,14,19,25H,5-6,10,24H2. The van der Waals surface area contributed by atoms with Gasteiger partial charge in [0.25, 0.3) is 0 Å². The molecule has 25 heavy (non-hydrogen) atoms. The minimum absolute atomic E-state index is 0.0970. The van der Waals surface area contributed by atoms with Crippen LogP contribution in [0.15, 0.2) is 48.0 Å². The number of hydrogen-bond acceptors (Lipinski definition) is 2. The lowest BCUT2D eigenvalue weighted by Crippen LogP contribution is -2.33. The number of allylic oxidation sites excluding steroid dienone is 1. The molecule has 2 unspecified atom stereocenters. The third kappa shape index (κ3) is 4.02. The van der Waals surface area contributed by atoms with Crippen molar-refractivity contribution in [3.8, 4) is 0 Å². The summed E-state index contributed by atoms with van der Waals surface area (Å²) in [6, 6.07) is 7.16. The Labute approximate surface area is 143 Å². The van der Waals surface area contributed by atoms with Crippen molar-refractivity contribution in [2.45, 2.75) is 24.8 Å². The molecule has 0 amide bonds. The van der Waals surface area contributed by atoms with E-state index in [4.69, 9.17) is 5.73 Å². The van der Waals surface area contributed by atoms with Gasteiger partial charge in [0.1, 0.15) is 11.6 Å². The lowest BCUT2D eigenvalue weighted by molar-refractivity contribution is 0.455. The van der Waals surface area contributed by atoms with Crippen molar-refractivity contribution < 1.29 is 17.6 Å². The third-order valence-electron chi connectivity index (χ3n) is 4.46. The molecule has 6 heteroatoms. The number of hydrogen-bond donors (Lipinski definition) is 2. The highest BCUT2D eigenvalue weighted by Gasteiger charge is 2.27. The van der Waals surface area contributed by atoms with Crippen LogP contribution in [0.1, 0.15) is 24.3 Å². The summed E-state index contributed by atoms with van der Waals surface area (Å²) in [5.74, 6) is -3.80. The maximum absolute atomic E-state index is 14.0. The minimum atomic E-state index is -1.21. The normalized spacial score (nSPS) is 20.3. The van der Waals surface area contributed by atoms with Crippen LogP contribution in [-0.4, -0.2) is 12.6 Å². The number of anilines is 1. The monoisotopic (exact) mass is 350 g/mol. The zero-order chi connectivity index (χ0) is 18.0. The van der Waals surface area contributed by atoms with Gasteiger partial charge in [-0.3, -0.25) is 0 Å². The van der Waals surface area contributed by atoms with Gasteiger partial charge in [0, 0.05) is 30.3 Å². The molecule has 0 saturated carbocycles. The molecule has 2 atom stereocenters. The summed E-state index contributed by atoms with van der Waals surface area (Å²) in [6.07, 6.45) is 2.84. The molecule has 3 rings (SSSR count). The van der Waals surface area contributed by atoms with E-state index in [1.165, 1.54) is 12.1 Å². The second-order valence-electron chi connectivity index (χ2n) is 6.22. The average Bonchev–Trinajstić information content (AvgIpc) is 2.57. The second-order valence-corrected chi connectivity index (χ2v) is 6.22. The Balaban J connectivity index is 1.69. The van der Waals surface area contributed by atoms with Crippen LogP contribution in [0.2, 0.25) is 0 Å². The Bertz CT molecular complexity index is 804. The molecule has 1 aliphatic rings. The molecule has 0 bridgehead atoms. The van der Waals surface area contributed by atoms with E-state index in [-0.39, 0.29) is 11.4 Å². The van der Waals surface area contributed by atoms with Crippen molar-refractivity contribution in [1.29, 1.82) is 0 Å². The molecule has 132 valence electrons. The molecule has 2 aromatic rings. The van der Waals surface area contributed by atoms with Crippen LogP contribution in [0.3, 0.4) is 0 Å².